The average Bonchev–Trinajstić information content (AvgIpc) is 2.84. The Morgan fingerprint density at radius 3 is 3.21 bits per heavy atom. The van der Waals surface area contributed by atoms with Crippen LogP contribution < -0.4 is 10.5 Å². The van der Waals surface area contributed by atoms with Gasteiger partial charge >= 0.3 is 6.01 Å². The molecule has 0 aromatic carbocycles. The van der Waals surface area contributed by atoms with E-state index in [4.69, 9.17) is 15.7 Å². The zero-order chi connectivity index (χ0) is 13.7. The van der Waals surface area contributed by atoms with Crippen LogP contribution in [0.15, 0.2) is 17.4 Å². The highest BCUT2D eigenvalue weighted by Crippen LogP contribution is 2.17. The Labute approximate surface area is 112 Å². The Kier molecular flexibility index (Phi) is 4.51. The third-order valence-electron chi connectivity index (χ3n) is 3.36. The van der Waals surface area contributed by atoms with Crippen molar-refractivity contribution >= 4 is 5.84 Å². The fourth-order valence-electron chi connectivity index (χ4n) is 2.23. The van der Waals surface area contributed by atoms with E-state index in [1.165, 1.54) is 19.0 Å². The van der Waals surface area contributed by atoms with E-state index in [-0.39, 0.29) is 11.8 Å². The maximum absolute atomic E-state index is 8.58. The summed E-state index contributed by atoms with van der Waals surface area (Å²) in [5.41, 5.74) is 5.81. The van der Waals surface area contributed by atoms with Gasteiger partial charge in [0.2, 0.25) is 0 Å². The van der Waals surface area contributed by atoms with E-state index in [0.717, 1.165) is 13.0 Å². The number of amidine groups is 1. The number of nitrogens with zero attached hydrogens (tertiary/aromatic N) is 4. The van der Waals surface area contributed by atoms with E-state index in [1.807, 2.05) is 0 Å². The summed E-state index contributed by atoms with van der Waals surface area (Å²) < 4.78 is 5.51. The summed E-state index contributed by atoms with van der Waals surface area (Å²) >= 11 is 0. The Morgan fingerprint density at radius 2 is 2.53 bits per heavy atom. The molecule has 0 saturated carbocycles. The minimum absolute atomic E-state index is 0.0530. The lowest BCUT2D eigenvalue weighted by atomic mass is 10.2. The van der Waals surface area contributed by atoms with Crippen LogP contribution in [0.3, 0.4) is 0 Å². The molecule has 7 nitrogen and oxygen atoms in total. The molecule has 0 aliphatic carbocycles. The summed E-state index contributed by atoms with van der Waals surface area (Å²) in [6.07, 6.45) is 4.94. The number of rotatable bonds is 5. The van der Waals surface area contributed by atoms with Gasteiger partial charge in [-0.05, 0) is 38.9 Å². The molecule has 0 amide bonds. The van der Waals surface area contributed by atoms with Gasteiger partial charge in [-0.1, -0.05) is 5.16 Å². The van der Waals surface area contributed by atoms with E-state index >= 15 is 0 Å². The predicted molar refractivity (Wildman–Crippen MR) is 70.3 cm³/mol. The molecule has 1 aromatic rings. The number of nitrogens with two attached hydrogens (primary N) is 1. The first-order chi connectivity index (χ1) is 9.20. The molecule has 1 fully saturated rings. The molecule has 2 rings (SSSR count). The van der Waals surface area contributed by atoms with Gasteiger partial charge in [0.1, 0.15) is 5.69 Å². The molecule has 0 spiro atoms. The number of aromatic nitrogens is 2. The monoisotopic (exact) mass is 265 g/mol. The lowest BCUT2D eigenvalue weighted by molar-refractivity contribution is 0.223. The van der Waals surface area contributed by atoms with E-state index in [0.29, 0.717) is 18.3 Å². The molecule has 19 heavy (non-hydrogen) atoms. The zero-order valence-corrected chi connectivity index (χ0v) is 11.0. The lowest BCUT2D eigenvalue weighted by Crippen LogP contribution is -2.26. The molecule has 1 aromatic heterocycles. The highest BCUT2D eigenvalue weighted by Gasteiger charge is 2.20. The molecule has 1 saturated heterocycles. The van der Waals surface area contributed by atoms with Crippen molar-refractivity contribution in [3.63, 3.8) is 0 Å². The maximum Gasteiger partial charge on any atom is 0.317 e. The SMILES string of the molecule is CN1CCCC1CCOc1nccc(/C(N)=N/O)n1. The molecule has 2 heterocycles. The Bertz CT molecular complexity index is 452. The van der Waals surface area contributed by atoms with Gasteiger partial charge < -0.3 is 20.6 Å². The van der Waals surface area contributed by atoms with Gasteiger partial charge in [0.15, 0.2) is 5.84 Å². The molecular weight excluding hydrogens is 246 g/mol. The van der Waals surface area contributed by atoms with Gasteiger partial charge in [0, 0.05) is 12.2 Å². The lowest BCUT2D eigenvalue weighted by Gasteiger charge is -2.18. The van der Waals surface area contributed by atoms with Crippen molar-refractivity contribution in [2.75, 3.05) is 20.2 Å². The molecule has 1 unspecified atom stereocenters. The van der Waals surface area contributed by atoms with Crippen LogP contribution in [0.2, 0.25) is 0 Å². The first-order valence-corrected chi connectivity index (χ1v) is 6.34. The van der Waals surface area contributed by atoms with E-state index in [9.17, 15) is 0 Å². The fourth-order valence-corrected chi connectivity index (χ4v) is 2.23. The summed E-state index contributed by atoms with van der Waals surface area (Å²) in [4.78, 5) is 10.4. The Hall–Kier alpha value is -1.89. The van der Waals surface area contributed by atoms with Gasteiger partial charge in [-0.3, -0.25) is 0 Å². The number of hydrogen-bond acceptors (Lipinski definition) is 6. The topological polar surface area (TPSA) is 96.9 Å². The minimum atomic E-state index is -0.0530. The van der Waals surface area contributed by atoms with Crippen molar-refractivity contribution in [1.29, 1.82) is 0 Å². The van der Waals surface area contributed by atoms with E-state index in [2.05, 4.69) is 27.1 Å². The highest BCUT2D eigenvalue weighted by atomic mass is 16.5. The predicted octanol–water partition coefficient (Wildman–Crippen LogP) is 0.434. The van der Waals surface area contributed by atoms with Crippen LogP contribution in [0.1, 0.15) is 25.0 Å². The van der Waals surface area contributed by atoms with Crippen molar-refractivity contribution in [3.05, 3.63) is 18.0 Å². The first kappa shape index (κ1) is 13.5. The van der Waals surface area contributed by atoms with Crippen LogP contribution in [-0.4, -0.2) is 52.2 Å². The van der Waals surface area contributed by atoms with Crippen LogP contribution in [-0.2, 0) is 0 Å². The van der Waals surface area contributed by atoms with Crippen LogP contribution in [0.5, 0.6) is 6.01 Å². The number of likely N-dealkylation sites (tertiary alicyclic amines) is 1. The summed E-state index contributed by atoms with van der Waals surface area (Å²) in [6.45, 7) is 1.72. The molecule has 1 aliphatic heterocycles. The van der Waals surface area contributed by atoms with E-state index < -0.39 is 0 Å². The number of hydrogen-bond donors (Lipinski definition) is 2. The normalized spacial score (nSPS) is 20.7. The van der Waals surface area contributed by atoms with Crippen LogP contribution in [0.4, 0.5) is 0 Å². The van der Waals surface area contributed by atoms with Crippen molar-refractivity contribution in [3.8, 4) is 6.01 Å². The molecule has 1 atom stereocenters. The molecular formula is C12H19N5O2. The van der Waals surface area contributed by atoms with Crippen molar-refractivity contribution in [2.24, 2.45) is 10.9 Å². The maximum atomic E-state index is 8.58. The zero-order valence-electron chi connectivity index (χ0n) is 11.0. The standard InChI is InChI=1S/C12H19N5O2/c1-17-7-2-3-9(17)5-8-19-12-14-6-4-10(15-12)11(13)16-18/h4,6,9,18H,2-3,5,7-8H2,1H3,(H2,13,16). The van der Waals surface area contributed by atoms with Gasteiger partial charge in [-0.25, -0.2) is 4.98 Å². The van der Waals surface area contributed by atoms with Gasteiger partial charge in [0.05, 0.1) is 6.61 Å². The Morgan fingerprint density at radius 1 is 1.68 bits per heavy atom. The Balaban J connectivity index is 1.86. The molecule has 1 aliphatic rings. The smallest absolute Gasteiger partial charge is 0.317 e. The fraction of sp³-hybridized carbons (Fsp3) is 0.583. The van der Waals surface area contributed by atoms with Crippen molar-refractivity contribution in [1.82, 2.24) is 14.9 Å². The van der Waals surface area contributed by atoms with Gasteiger partial charge in [-0.2, -0.15) is 4.98 Å². The first-order valence-electron chi connectivity index (χ1n) is 6.34. The second kappa shape index (κ2) is 6.33. The third kappa shape index (κ3) is 3.54. The largest absolute Gasteiger partial charge is 0.463 e. The van der Waals surface area contributed by atoms with Crippen molar-refractivity contribution < 1.29 is 9.94 Å². The van der Waals surface area contributed by atoms with E-state index in [1.54, 1.807) is 6.07 Å². The van der Waals surface area contributed by atoms with Crippen LogP contribution in [0.25, 0.3) is 0 Å². The third-order valence-corrected chi connectivity index (χ3v) is 3.36. The molecule has 0 radical (unpaired) electrons. The van der Waals surface area contributed by atoms with Gasteiger partial charge in [-0.15, -0.1) is 0 Å². The summed E-state index contributed by atoms with van der Waals surface area (Å²) in [5, 5.41) is 11.5. The highest BCUT2D eigenvalue weighted by molar-refractivity contribution is 5.95. The molecule has 0 bridgehead atoms. The van der Waals surface area contributed by atoms with Crippen LogP contribution >= 0.6 is 0 Å². The van der Waals surface area contributed by atoms with Gasteiger partial charge in [0.25, 0.3) is 0 Å². The number of ether oxygens (including phenoxy) is 1. The molecule has 7 heteroatoms. The summed E-state index contributed by atoms with van der Waals surface area (Å²) in [5.74, 6) is -0.0530. The number of oxime groups is 1. The summed E-state index contributed by atoms with van der Waals surface area (Å²) in [7, 11) is 2.13. The molecule has 3 N–H and O–H groups in total. The average molecular weight is 265 g/mol. The minimum Gasteiger partial charge on any atom is -0.463 e. The summed E-state index contributed by atoms with van der Waals surface area (Å²) in [6, 6.07) is 2.39. The second-order valence-corrected chi connectivity index (χ2v) is 4.62. The second-order valence-electron chi connectivity index (χ2n) is 4.62. The molecule has 104 valence electrons. The van der Waals surface area contributed by atoms with Crippen LogP contribution in [0, 0.1) is 0 Å². The van der Waals surface area contributed by atoms with Crippen molar-refractivity contribution in [2.45, 2.75) is 25.3 Å². The quantitative estimate of drug-likeness (QED) is 0.347.